The number of hydrogen-bond acceptors (Lipinski definition) is 8. The number of fused-ring (bicyclic) bond motifs is 1. The lowest BCUT2D eigenvalue weighted by molar-refractivity contribution is -0.439. The van der Waals surface area contributed by atoms with Crippen molar-refractivity contribution in [3.63, 3.8) is 0 Å². The summed E-state index contributed by atoms with van der Waals surface area (Å²) < 4.78 is 32.4. The number of esters is 2. The van der Waals surface area contributed by atoms with Gasteiger partial charge in [0.25, 0.3) is 0 Å². The summed E-state index contributed by atoms with van der Waals surface area (Å²) in [5.74, 6) is -4.41. The molecule has 0 amide bonds. The van der Waals surface area contributed by atoms with Crippen LogP contribution in [0.1, 0.15) is 13.8 Å². The summed E-state index contributed by atoms with van der Waals surface area (Å²) in [5, 5.41) is 0. The zero-order valence-electron chi connectivity index (χ0n) is 14.2. The van der Waals surface area contributed by atoms with E-state index in [0.29, 0.717) is 5.57 Å². The van der Waals surface area contributed by atoms with E-state index >= 15 is 0 Å². The average Bonchev–Trinajstić information content (AvgIpc) is 2.58. The molecule has 0 bridgehead atoms. The molecule has 0 aromatic heterocycles. The summed E-state index contributed by atoms with van der Waals surface area (Å²) in [4.78, 5) is 24.7. The van der Waals surface area contributed by atoms with Gasteiger partial charge in [-0.25, -0.2) is 9.59 Å². The lowest BCUT2D eigenvalue weighted by atomic mass is 10.0. The van der Waals surface area contributed by atoms with Crippen molar-refractivity contribution in [3.05, 3.63) is 24.3 Å². The molecule has 134 valence electrons. The molecule has 24 heavy (non-hydrogen) atoms. The van der Waals surface area contributed by atoms with Crippen molar-refractivity contribution < 1.29 is 38.0 Å². The van der Waals surface area contributed by atoms with Crippen LogP contribution in [0.4, 0.5) is 0 Å². The van der Waals surface area contributed by atoms with Crippen molar-refractivity contribution in [2.75, 3.05) is 27.4 Å². The van der Waals surface area contributed by atoms with Crippen LogP contribution in [-0.4, -0.2) is 63.2 Å². The Morgan fingerprint density at radius 3 is 2.04 bits per heavy atom. The fraction of sp³-hybridized carbons (Fsp3) is 0.625. The zero-order valence-corrected chi connectivity index (χ0v) is 14.2. The second-order valence-electron chi connectivity index (χ2n) is 5.60. The number of cyclic esters (lactones) is 2. The van der Waals surface area contributed by atoms with Gasteiger partial charge in [-0.3, -0.25) is 0 Å². The smallest absolute Gasteiger partial charge is 0.339 e. The molecule has 8 nitrogen and oxygen atoms in total. The van der Waals surface area contributed by atoms with Crippen LogP contribution < -0.4 is 0 Å². The van der Waals surface area contributed by atoms with Crippen molar-refractivity contribution in [2.45, 2.75) is 37.6 Å². The van der Waals surface area contributed by atoms with E-state index in [1.807, 2.05) is 0 Å². The molecule has 4 unspecified atom stereocenters. The molecule has 0 saturated carbocycles. The average molecular weight is 342 g/mol. The maximum atomic E-state index is 12.4. The van der Waals surface area contributed by atoms with Crippen molar-refractivity contribution in [1.29, 1.82) is 0 Å². The van der Waals surface area contributed by atoms with Crippen LogP contribution in [0.3, 0.4) is 0 Å². The Labute approximate surface area is 140 Å². The molecule has 4 atom stereocenters. The monoisotopic (exact) mass is 342 g/mol. The largest absolute Gasteiger partial charge is 0.459 e. The normalized spacial score (nSPS) is 39.8. The molecule has 1 saturated heterocycles. The SMILES string of the molecule is C=C/C1=C/COC(=O)C2OC(C)(OC)C(C)(OC)OC2C(=O)OC1. The standard InChI is InChI=1S/C16H22O8/c1-6-10-7-8-21-13(17)11-12(14(18)22-9-10)24-16(3,20-5)15(2,19-4)23-11/h6-7,11-12H,1,8-9H2,2-5H3/b10-7-. The van der Waals surface area contributed by atoms with Gasteiger partial charge >= 0.3 is 11.9 Å². The Hall–Kier alpha value is -1.74. The summed E-state index contributed by atoms with van der Waals surface area (Å²) in [6.07, 6.45) is 0.413. The zero-order chi connectivity index (χ0) is 18.0. The van der Waals surface area contributed by atoms with Crippen LogP contribution >= 0.6 is 0 Å². The first kappa shape index (κ1) is 18.6. The van der Waals surface area contributed by atoms with Gasteiger partial charge in [0, 0.05) is 14.2 Å². The second-order valence-corrected chi connectivity index (χ2v) is 5.60. The van der Waals surface area contributed by atoms with Crippen molar-refractivity contribution >= 4 is 11.9 Å². The molecule has 0 N–H and O–H groups in total. The third-order valence-corrected chi connectivity index (χ3v) is 4.26. The lowest BCUT2D eigenvalue weighted by Gasteiger charge is -2.50. The molecule has 0 aromatic carbocycles. The molecular formula is C16H22O8. The van der Waals surface area contributed by atoms with Crippen LogP contribution in [0.2, 0.25) is 0 Å². The fourth-order valence-corrected chi connectivity index (χ4v) is 2.38. The third kappa shape index (κ3) is 3.23. The summed E-state index contributed by atoms with van der Waals surface area (Å²) in [7, 11) is 2.76. The van der Waals surface area contributed by atoms with E-state index in [0.717, 1.165) is 0 Å². The van der Waals surface area contributed by atoms with E-state index in [1.165, 1.54) is 20.3 Å². The highest BCUT2D eigenvalue weighted by Gasteiger charge is 2.60. The minimum Gasteiger partial charge on any atom is -0.459 e. The van der Waals surface area contributed by atoms with Crippen LogP contribution in [0.15, 0.2) is 24.3 Å². The Bertz CT molecular complexity index is 556. The predicted octanol–water partition coefficient (Wildman–Crippen LogP) is 0.708. The van der Waals surface area contributed by atoms with E-state index in [2.05, 4.69) is 6.58 Å². The number of methoxy groups -OCH3 is 2. The molecule has 8 heteroatoms. The molecule has 2 rings (SSSR count). The first-order valence-corrected chi connectivity index (χ1v) is 7.41. The molecule has 0 radical (unpaired) electrons. The van der Waals surface area contributed by atoms with Gasteiger partial charge in [0.05, 0.1) is 0 Å². The number of ether oxygens (including phenoxy) is 6. The van der Waals surface area contributed by atoms with Crippen LogP contribution in [0.25, 0.3) is 0 Å². The van der Waals surface area contributed by atoms with Gasteiger partial charge < -0.3 is 28.4 Å². The Kier molecular flexibility index (Phi) is 5.44. The number of carbonyl (C=O) groups is 2. The molecule has 0 spiro atoms. The van der Waals surface area contributed by atoms with Gasteiger partial charge in [-0.2, -0.15) is 0 Å². The van der Waals surface area contributed by atoms with Crippen molar-refractivity contribution in [2.24, 2.45) is 0 Å². The van der Waals surface area contributed by atoms with Crippen molar-refractivity contribution in [3.8, 4) is 0 Å². The van der Waals surface area contributed by atoms with Crippen molar-refractivity contribution in [1.82, 2.24) is 0 Å². The summed E-state index contributed by atoms with van der Waals surface area (Å²) in [6.45, 7) is 6.67. The quantitative estimate of drug-likeness (QED) is 0.693. The minimum atomic E-state index is -1.44. The van der Waals surface area contributed by atoms with Crippen LogP contribution in [0, 0.1) is 0 Å². The fourth-order valence-electron chi connectivity index (χ4n) is 2.38. The number of carbonyl (C=O) groups excluding carboxylic acids is 2. The second kappa shape index (κ2) is 7.02. The van der Waals surface area contributed by atoms with E-state index in [-0.39, 0.29) is 13.2 Å². The molecule has 2 heterocycles. The minimum absolute atomic E-state index is 0.00441. The van der Waals surface area contributed by atoms with Gasteiger partial charge in [-0.15, -0.1) is 0 Å². The molecular weight excluding hydrogens is 320 g/mol. The van der Waals surface area contributed by atoms with E-state index < -0.39 is 35.7 Å². The van der Waals surface area contributed by atoms with Crippen LogP contribution in [-0.2, 0) is 38.0 Å². The molecule has 0 aliphatic carbocycles. The lowest BCUT2D eigenvalue weighted by Crippen LogP contribution is -2.68. The third-order valence-electron chi connectivity index (χ3n) is 4.26. The Morgan fingerprint density at radius 1 is 1.08 bits per heavy atom. The maximum Gasteiger partial charge on any atom is 0.339 e. The van der Waals surface area contributed by atoms with Gasteiger partial charge in [0.2, 0.25) is 11.6 Å². The molecule has 2 aliphatic heterocycles. The maximum absolute atomic E-state index is 12.4. The van der Waals surface area contributed by atoms with E-state index in [1.54, 1.807) is 19.9 Å². The summed E-state index contributed by atoms with van der Waals surface area (Å²) in [5.41, 5.74) is 0.613. The highest BCUT2D eigenvalue weighted by molar-refractivity contribution is 5.86. The van der Waals surface area contributed by atoms with Crippen LogP contribution in [0.5, 0.6) is 0 Å². The van der Waals surface area contributed by atoms with E-state index in [9.17, 15) is 9.59 Å². The van der Waals surface area contributed by atoms with Gasteiger partial charge in [0.15, 0.2) is 12.2 Å². The Balaban J connectivity index is 2.36. The molecule has 1 fully saturated rings. The predicted molar refractivity (Wildman–Crippen MR) is 80.8 cm³/mol. The highest BCUT2D eigenvalue weighted by Crippen LogP contribution is 2.39. The van der Waals surface area contributed by atoms with Gasteiger partial charge in [-0.05, 0) is 25.5 Å². The van der Waals surface area contributed by atoms with Gasteiger partial charge in [-0.1, -0.05) is 12.7 Å². The van der Waals surface area contributed by atoms with E-state index in [4.69, 9.17) is 28.4 Å². The molecule has 0 aromatic rings. The number of hydrogen-bond donors (Lipinski definition) is 0. The topological polar surface area (TPSA) is 89.5 Å². The summed E-state index contributed by atoms with van der Waals surface area (Å²) >= 11 is 0. The molecule has 2 aliphatic rings. The number of rotatable bonds is 3. The highest BCUT2D eigenvalue weighted by atomic mass is 16.8. The summed E-state index contributed by atoms with van der Waals surface area (Å²) in [6, 6.07) is 0. The Morgan fingerprint density at radius 2 is 1.58 bits per heavy atom. The van der Waals surface area contributed by atoms with Gasteiger partial charge in [0.1, 0.15) is 13.2 Å². The first-order valence-electron chi connectivity index (χ1n) is 7.41. The first-order chi connectivity index (χ1) is 11.3.